The quantitative estimate of drug-likeness (QED) is 0.618. The van der Waals surface area contributed by atoms with Crippen LogP contribution in [-0.4, -0.2) is 48.1 Å². The number of aromatic nitrogens is 1. The average molecular weight is 451 g/mol. The third kappa shape index (κ3) is 6.68. The standard InChI is InChI=1S/C21H27ClN4O3S/c1-29-12-11-26(21(28)24-17-9-7-15(22)8-10-17)13-19-25-18(14-30-19)20(27)23-16-5-3-2-4-6-16/h7-10,14,16H,2-6,11-13H2,1H3,(H,23,27)(H,24,28). The Kier molecular flexibility index (Phi) is 8.48. The number of benzene rings is 1. The van der Waals surface area contributed by atoms with E-state index in [-0.39, 0.29) is 18.0 Å². The van der Waals surface area contributed by atoms with E-state index in [0.717, 1.165) is 25.7 Å². The maximum Gasteiger partial charge on any atom is 0.322 e. The SMILES string of the molecule is COCCN(Cc1nc(C(=O)NC2CCCCC2)cs1)C(=O)Nc1ccc(Cl)cc1. The third-order valence-corrected chi connectivity index (χ3v) is 6.08. The summed E-state index contributed by atoms with van der Waals surface area (Å²) < 4.78 is 5.13. The molecule has 1 aromatic carbocycles. The van der Waals surface area contributed by atoms with Crippen LogP contribution in [0.25, 0.3) is 0 Å². The maximum absolute atomic E-state index is 12.7. The number of ether oxygens (including phenoxy) is 1. The van der Waals surface area contributed by atoms with E-state index in [4.69, 9.17) is 16.3 Å². The zero-order valence-corrected chi connectivity index (χ0v) is 18.6. The second-order valence-electron chi connectivity index (χ2n) is 7.29. The Labute approximate surface area is 185 Å². The van der Waals surface area contributed by atoms with E-state index in [1.807, 2.05) is 0 Å². The number of urea groups is 1. The lowest BCUT2D eigenvalue weighted by Crippen LogP contribution is -2.37. The molecule has 0 spiro atoms. The van der Waals surface area contributed by atoms with Gasteiger partial charge in [0.2, 0.25) is 0 Å². The van der Waals surface area contributed by atoms with E-state index in [9.17, 15) is 9.59 Å². The molecule has 1 fully saturated rings. The number of carbonyl (C=O) groups is 2. The van der Waals surface area contributed by atoms with Crippen LogP contribution in [0.3, 0.4) is 0 Å². The fourth-order valence-corrected chi connectivity index (χ4v) is 4.26. The van der Waals surface area contributed by atoms with Crippen molar-refractivity contribution in [1.29, 1.82) is 0 Å². The molecule has 162 valence electrons. The van der Waals surface area contributed by atoms with Gasteiger partial charge in [0.05, 0.1) is 13.2 Å². The Morgan fingerprint density at radius 1 is 1.23 bits per heavy atom. The molecule has 1 aromatic heterocycles. The van der Waals surface area contributed by atoms with Crippen LogP contribution in [0.1, 0.15) is 47.6 Å². The van der Waals surface area contributed by atoms with Crippen molar-refractivity contribution in [3.8, 4) is 0 Å². The summed E-state index contributed by atoms with van der Waals surface area (Å²) in [6.07, 6.45) is 5.61. The highest BCUT2D eigenvalue weighted by Crippen LogP contribution is 2.19. The highest BCUT2D eigenvalue weighted by atomic mass is 35.5. The Balaban J connectivity index is 1.60. The summed E-state index contributed by atoms with van der Waals surface area (Å²) in [7, 11) is 1.59. The minimum Gasteiger partial charge on any atom is -0.383 e. The first-order valence-electron chi connectivity index (χ1n) is 10.1. The van der Waals surface area contributed by atoms with Gasteiger partial charge in [-0.15, -0.1) is 11.3 Å². The van der Waals surface area contributed by atoms with Crippen LogP contribution in [-0.2, 0) is 11.3 Å². The lowest BCUT2D eigenvalue weighted by atomic mass is 9.95. The van der Waals surface area contributed by atoms with Gasteiger partial charge in [-0.1, -0.05) is 30.9 Å². The van der Waals surface area contributed by atoms with Crippen molar-refractivity contribution in [3.63, 3.8) is 0 Å². The summed E-state index contributed by atoms with van der Waals surface area (Å²) in [6.45, 7) is 1.09. The molecule has 9 heteroatoms. The Morgan fingerprint density at radius 2 is 1.97 bits per heavy atom. The summed E-state index contributed by atoms with van der Waals surface area (Å²) in [6, 6.07) is 6.89. The number of hydrogen-bond acceptors (Lipinski definition) is 5. The van der Waals surface area contributed by atoms with Crippen LogP contribution in [0, 0.1) is 0 Å². The van der Waals surface area contributed by atoms with Crippen LogP contribution in [0.5, 0.6) is 0 Å². The summed E-state index contributed by atoms with van der Waals surface area (Å²) >= 11 is 7.27. The summed E-state index contributed by atoms with van der Waals surface area (Å²) in [5.41, 5.74) is 1.06. The average Bonchev–Trinajstić information content (AvgIpc) is 3.22. The maximum atomic E-state index is 12.7. The number of anilines is 1. The normalized spacial score (nSPS) is 14.3. The van der Waals surface area contributed by atoms with Gasteiger partial charge < -0.3 is 20.3 Å². The fourth-order valence-electron chi connectivity index (χ4n) is 3.35. The molecule has 0 radical (unpaired) electrons. The highest BCUT2D eigenvalue weighted by molar-refractivity contribution is 7.09. The van der Waals surface area contributed by atoms with Crippen LogP contribution in [0.15, 0.2) is 29.6 Å². The molecule has 0 saturated heterocycles. The first-order chi connectivity index (χ1) is 14.5. The summed E-state index contributed by atoms with van der Waals surface area (Å²) in [5, 5.41) is 8.98. The lowest BCUT2D eigenvalue weighted by Gasteiger charge is -2.22. The molecular formula is C21H27ClN4O3S. The fraction of sp³-hybridized carbons (Fsp3) is 0.476. The molecular weight excluding hydrogens is 424 g/mol. The molecule has 0 aliphatic heterocycles. The van der Waals surface area contributed by atoms with Gasteiger partial charge in [-0.2, -0.15) is 0 Å². The van der Waals surface area contributed by atoms with E-state index in [1.54, 1.807) is 41.7 Å². The minimum atomic E-state index is -0.266. The molecule has 3 rings (SSSR count). The van der Waals surface area contributed by atoms with Gasteiger partial charge in [0, 0.05) is 35.8 Å². The zero-order valence-electron chi connectivity index (χ0n) is 17.0. The van der Waals surface area contributed by atoms with Gasteiger partial charge in [0.15, 0.2) is 0 Å². The second kappa shape index (κ2) is 11.3. The molecule has 3 amide bonds. The topological polar surface area (TPSA) is 83.6 Å². The Hall–Kier alpha value is -2.16. The first-order valence-corrected chi connectivity index (χ1v) is 11.4. The molecule has 1 aliphatic rings. The van der Waals surface area contributed by atoms with E-state index in [0.29, 0.717) is 41.1 Å². The summed E-state index contributed by atoms with van der Waals surface area (Å²) in [4.78, 5) is 31.3. The van der Waals surface area contributed by atoms with E-state index >= 15 is 0 Å². The predicted octanol–water partition coefficient (Wildman–Crippen LogP) is 4.54. The van der Waals surface area contributed by atoms with Gasteiger partial charge in [-0.3, -0.25) is 4.79 Å². The predicted molar refractivity (Wildman–Crippen MR) is 119 cm³/mol. The van der Waals surface area contributed by atoms with Crippen molar-refractivity contribution in [2.45, 2.75) is 44.7 Å². The molecule has 0 bridgehead atoms. The van der Waals surface area contributed by atoms with Crippen LogP contribution < -0.4 is 10.6 Å². The largest absolute Gasteiger partial charge is 0.383 e. The number of rotatable bonds is 8. The molecule has 1 heterocycles. The van der Waals surface area contributed by atoms with Gasteiger partial charge in [0.1, 0.15) is 10.7 Å². The Morgan fingerprint density at radius 3 is 2.67 bits per heavy atom. The Bertz CT molecular complexity index is 837. The number of methoxy groups -OCH3 is 1. The molecule has 0 atom stereocenters. The molecule has 1 saturated carbocycles. The smallest absolute Gasteiger partial charge is 0.322 e. The number of nitrogens with one attached hydrogen (secondary N) is 2. The zero-order chi connectivity index (χ0) is 21.3. The number of hydrogen-bond donors (Lipinski definition) is 2. The molecule has 1 aliphatic carbocycles. The van der Waals surface area contributed by atoms with E-state index in [2.05, 4.69) is 15.6 Å². The number of nitrogens with zero attached hydrogens (tertiary/aromatic N) is 2. The molecule has 30 heavy (non-hydrogen) atoms. The summed E-state index contributed by atoms with van der Waals surface area (Å²) in [5.74, 6) is -0.140. The van der Waals surface area contributed by atoms with Crippen molar-refractivity contribution in [3.05, 3.63) is 45.4 Å². The van der Waals surface area contributed by atoms with Crippen molar-refractivity contribution >= 4 is 40.6 Å². The van der Waals surface area contributed by atoms with E-state index < -0.39 is 0 Å². The van der Waals surface area contributed by atoms with Crippen molar-refractivity contribution < 1.29 is 14.3 Å². The van der Waals surface area contributed by atoms with Crippen LogP contribution in [0.2, 0.25) is 5.02 Å². The molecule has 0 unspecified atom stereocenters. The molecule has 7 nitrogen and oxygen atoms in total. The first kappa shape index (κ1) is 22.5. The second-order valence-corrected chi connectivity index (χ2v) is 8.67. The van der Waals surface area contributed by atoms with Crippen LogP contribution in [0.4, 0.5) is 10.5 Å². The molecule has 2 aromatic rings. The van der Waals surface area contributed by atoms with Crippen molar-refractivity contribution in [2.75, 3.05) is 25.6 Å². The van der Waals surface area contributed by atoms with Gasteiger partial charge in [-0.05, 0) is 37.1 Å². The van der Waals surface area contributed by atoms with E-state index in [1.165, 1.54) is 17.8 Å². The van der Waals surface area contributed by atoms with Gasteiger partial charge >= 0.3 is 6.03 Å². The minimum absolute atomic E-state index is 0.140. The number of carbonyl (C=O) groups excluding carboxylic acids is 2. The molecule has 2 N–H and O–H groups in total. The number of amides is 3. The number of thiazole rings is 1. The van der Waals surface area contributed by atoms with Crippen molar-refractivity contribution in [1.82, 2.24) is 15.2 Å². The monoisotopic (exact) mass is 450 g/mol. The number of halogens is 1. The van der Waals surface area contributed by atoms with Gasteiger partial charge in [-0.25, -0.2) is 9.78 Å². The highest BCUT2D eigenvalue weighted by Gasteiger charge is 2.20. The third-order valence-electron chi connectivity index (χ3n) is 5.00. The lowest BCUT2D eigenvalue weighted by molar-refractivity contribution is 0.0923. The van der Waals surface area contributed by atoms with Crippen LogP contribution >= 0.6 is 22.9 Å². The van der Waals surface area contributed by atoms with Crippen molar-refractivity contribution in [2.24, 2.45) is 0 Å². The van der Waals surface area contributed by atoms with Gasteiger partial charge in [0.25, 0.3) is 5.91 Å².